The largest absolute Gasteiger partial charge is 0.397 e. The van der Waals surface area contributed by atoms with Crippen LogP contribution in [0.3, 0.4) is 0 Å². The Morgan fingerprint density at radius 3 is 1.85 bits per heavy atom. The van der Waals surface area contributed by atoms with E-state index in [0.29, 0.717) is 22.7 Å². The first-order chi connectivity index (χ1) is 6.00. The highest BCUT2D eigenvalue weighted by molar-refractivity contribution is 14.2. The summed E-state index contributed by atoms with van der Waals surface area (Å²) in [5.74, 6) is 0. The van der Waals surface area contributed by atoms with Crippen molar-refractivity contribution in [1.29, 1.82) is 3.56 Å². The summed E-state index contributed by atoms with van der Waals surface area (Å²) >= 11 is -0.871. The number of hydrogen-bond donors (Lipinski definition) is 5. The van der Waals surface area contributed by atoms with E-state index in [0.717, 1.165) is 9.13 Å². The number of anilines is 4. The van der Waals surface area contributed by atoms with E-state index in [-0.39, 0.29) is 0 Å². The summed E-state index contributed by atoms with van der Waals surface area (Å²) in [6.07, 6.45) is 0. The van der Waals surface area contributed by atoms with Crippen LogP contribution >= 0.6 is 21.0 Å². The van der Waals surface area contributed by atoms with E-state index in [2.05, 4.69) is 0 Å². The summed E-state index contributed by atoms with van der Waals surface area (Å²) in [5, 5.41) is 0. The van der Waals surface area contributed by atoms with Crippen LogP contribution in [0.4, 0.5) is 22.7 Å². The number of nitrogens with two attached hydrogens (primary N) is 4. The number of nitrogen functional groups attached to an aromatic ring is 4. The summed E-state index contributed by atoms with van der Waals surface area (Å²) < 4.78 is 8.13. The predicted octanol–water partition coefficient (Wildman–Crippen LogP) is 1.23. The summed E-state index contributed by atoms with van der Waals surface area (Å²) in [5.41, 5.74) is 25.0. The van der Waals surface area contributed by atoms with Gasteiger partial charge in [-0.2, -0.15) is 0 Å². The minimum absolute atomic E-state index is 0.310. The first-order valence-electron chi connectivity index (χ1n) is 3.53. The highest BCUT2D eigenvalue weighted by Gasteiger charge is 2.13. The fourth-order valence-electron chi connectivity index (χ4n) is 1.05. The normalized spacial score (nSPS) is 10.2. The Morgan fingerprint density at radius 2 is 1.38 bits per heavy atom. The average Bonchev–Trinajstić information content (AvgIpc) is 2.13. The first kappa shape index (κ1) is 10.0. The van der Waals surface area contributed by atoms with Gasteiger partial charge in [0, 0.05) is 21.0 Å². The Balaban J connectivity index is 3.66. The van der Waals surface area contributed by atoms with Crippen LogP contribution in [0.5, 0.6) is 0 Å². The van der Waals surface area contributed by atoms with Gasteiger partial charge in [0.1, 0.15) is 0 Å². The zero-order chi connectivity index (χ0) is 10.2. The van der Waals surface area contributed by atoms with Gasteiger partial charge >= 0.3 is 0 Å². The van der Waals surface area contributed by atoms with Gasteiger partial charge in [-0.15, -0.1) is 0 Å². The molecule has 1 rings (SSSR count). The molecule has 6 heteroatoms. The number of hydrogen-bond acceptors (Lipinski definition) is 5. The van der Waals surface area contributed by atoms with Crippen LogP contribution in [0, 0.1) is 14.1 Å². The van der Waals surface area contributed by atoms with Gasteiger partial charge in [-0.3, -0.25) is 3.56 Å². The molecule has 0 saturated carbocycles. The maximum atomic E-state index is 7.37. The fraction of sp³-hybridized carbons (Fsp3) is 0.143. The maximum absolute atomic E-state index is 7.37. The predicted molar refractivity (Wildman–Crippen MR) is 64.3 cm³/mol. The number of nitrogens with one attached hydrogen (secondary N) is 1. The molecule has 72 valence electrons. The van der Waals surface area contributed by atoms with E-state index in [9.17, 15) is 0 Å². The van der Waals surface area contributed by atoms with Crippen molar-refractivity contribution in [2.24, 2.45) is 0 Å². The molecule has 0 heterocycles. The Labute approximate surface area is 86.4 Å². The Hall–Kier alpha value is -1.05. The van der Waals surface area contributed by atoms with Crippen molar-refractivity contribution in [3.05, 3.63) is 9.13 Å². The molecule has 5 nitrogen and oxygen atoms in total. The molecule has 0 aromatic heterocycles. The van der Waals surface area contributed by atoms with Gasteiger partial charge in [-0.05, 0) is 12.5 Å². The van der Waals surface area contributed by atoms with Gasteiger partial charge in [0.2, 0.25) is 0 Å². The second kappa shape index (κ2) is 3.36. The summed E-state index contributed by atoms with van der Waals surface area (Å²) in [4.78, 5) is 0. The molecule has 0 radical (unpaired) electrons. The van der Waals surface area contributed by atoms with Gasteiger partial charge in [0.05, 0.1) is 26.3 Å². The van der Waals surface area contributed by atoms with E-state index in [1.54, 1.807) is 0 Å². The lowest BCUT2D eigenvalue weighted by Gasteiger charge is -2.13. The van der Waals surface area contributed by atoms with E-state index in [1.807, 2.05) is 6.92 Å². The maximum Gasteiger partial charge on any atom is 0.0814 e. The van der Waals surface area contributed by atoms with Crippen molar-refractivity contribution in [2.75, 3.05) is 22.9 Å². The third-order valence-electron chi connectivity index (χ3n) is 1.93. The summed E-state index contributed by atoms with van der Waals surface area (Å²) in [7, 11) is 0. The van der Waals surface area contributed by atoms with Crippen molar-refractivity contribution in [3.63, 3.8) is 0 Å². The van der Waals surface area contributed by atoms with Gasteiger partial charge in [0.25, 0.3) is 0 Å². The topological polar surface area (TPSA) is 128 Å². The lowest BCUT2D eigenvalue weighted by molar-refractivity contribution is 1.43. The zero-order valence-electron chi connectivity index (χ0n) is 7.19. The second-order valence-corrected chi connectivity index (χ2v) is 4.31. The van der Waals surface area contributed by atoms with E-state index in [1.165, 1.54) is 0 Å². The monoisotopic (exact) mass is 293 g/mol. The van der Waals surface area contributed by atoms with Crippen LogP contribution in [-0.4, -0.2) is 0 Å². The van der Waals surface area contributed by atoms with Crippen molar-refractivity contribution in [1.82, 2.24) is 0 Å². The number of rotatable bonds is 1. The molecule has 0 bridgehead atoms. The van der Waals surface area contributed by atoms with Crippen LogP contribution in [0.25, 0.3) is 0 Å². The van der Waals surface area contributed by atoms with Crippen LogP contribution in [0.1, 0.15) is 5.56 Å². The average molecular weight is 293 g/mol. The van der Waals surface area contributed by atoms with Crippen molar-refractivity contribution < 1.29 is 0 Å². The SMILES string of the molecule is Cc1c(N)c(N)c(N)c(N)c1I=N. The third kappa shape index (κ3) is 1.41. The Kier molecular flexibility index (Phi) is 2.60. The molecular formula is C7H12IN5. The lowest BCUT2D eigenvalue weighted by Crippen LogP contribution is -2.08. The molecule has 0 aliphatic carbocycles. The molecule has 0 aliphatic heterocycles. The van der Waals surface area contributed by atoms with Crippen LogP contribution in [0.15, 0.2) is 0 Å². The molecule has 13 heavy (non-hydrogen) atoms. The second-order valence-electron chi connectivity index (χ2n) is 2.69. The van der Waals surface area contributed by atoms with Crippen molar-refractivity contribution >= 4 is 43.8 Å². The highest BCUT2D eigenvalue weighted by atomic mass is 127. The molecule has 0 unspecified atom stereocenters. The molecule has 0 saturated heterocycles. The standard InChI is InChI=1S/C7H12IN5/c1-2-3(8-13)5(10)7(12)6(11)4(2)9/h13H,9-12H2,1H3. The molecule has 1 aromatic rings. The van der Waals surface area contributed by atoms with Gasteiger partial charge in [-0.25, -0.2) is 0 Å². The molecule has 0 fully saturated rings. The van der Waals surface area contributed by atoms with Gasteiger partial charge < -0.3 is 22.9 Å². The van der Waals surface area contributed by atoms with Gasteiger partial charge in [-0.1, -0.05) is 0 Å². The zero-order valence-corrected chi connectivity index (χ0v) is 9.34. The van der Waals surface area contributed by atoms with E-state index >= 15 is 0 Å². The highest BCUT2D eigenvalue weighted by Crippen LogP contribution is 2.37. The molecule has 1 aromatic carbocycles. The molecular weight excluding hydrogens is 281 g/mol. The molecule has 0 atom stereocenters. The minimum Gasteiger partial charge on any atom is -0.397 e. The lowest BCUT2D eigenvalue weighted by atomic mass is 10.1. The van der Waals surface area contributed by atoms with Crippen LogP contribution in [-0.2, 0) is 0 Å². The van der Waals surface area contributed by atoms with Gasteiger partial charge in [0.15, 0.2) is 0 Å². The summed E-state index contributed by atoms with van der Waals surface area (Å²) in [6, 6.07) is 0. The Morgan fingerprint density at radius 1 is 0.923 bits per heavy atom. The summed E-state index contributed by atoms with van der Waals surface area (Å²) in [6.45, 7) is 1.81. The third-order valence-corrected chi connectivity index (χ3v) is 3.86. The minimum atomic E-state index is -0.871. The number of benzene rings is 1. The quantitative estimate of drug-likeness (QED) is 0.394. The molecule has 0 spiro atoms. The molecule has 0 aliphatic rings. The van der Waals surface area contributed by atoms with Crippen molar-refractivity contribution in [2.45, 2.75) is 6.92 Å². The Bertz CT molecular complexity index is 345. The van der Waals surface area contributed by atoms with Crippen molar-refractivity contribution in [3.8, 4) is 0 Å². The molecule has 0 amide bonds. The van der Waals surface area contributed by atoms with Crippen LogP contribution < -0.4 is 22.9 Å². The number of halogens is 1. The first-order valence-corrected chi connectivity index (χ1v) is 5.69. The van der Waals surface area contributed by atoms with E-state index < -0.39 is 21.0 Å². The van der Waals surface area contributed by atoms with Crippen LogP contribution in [0.2, 0.25) is 0 Å². The molecule has 9 N–H and O–H groups in total. The fourth-order valence-corrected chi connectivity index (χ4v) is 2.33. The smallest absolute Gasteiger partial charge is 0.0814 e. The van der Waals surface area contributed by atoms with E-state index in [4.69, 9.17) is 26.5 Å².